The van der Waals surface area contributed by atoms with E-state index < -0.39 is 11.0 Å². The maximum absolute atomic E-state index is 11.3. The quantitative estimate of drug-likeness (QED) is 0.683. The number of nitrogens with zero attached hydrogens (tertiary/aromatic N) is 1. The molecule has 92 valence electrons. The predicted molar refractivity (Wildman–Crippen MR) is 66.1 cm³/mol. The molecule has 0 bridgehead atoms. The van der Waals surface area contributed by atoms with Gasteiger partial charge < -0.3 is 4.74 Å². The molecule has 1 aromatic rings. The SMILES string of the molecule is CCCOC(=O)Nc1ccc(Br)cc1[N+](=O)[O-]. The van der Waals surface area contributed by atoms with Gasteiger partial charge in [0.1, 0.15) is 5.69 Å². The molecule has 0 heterocycles. The van der Waals surface area contributed by atoms with Crippen molar-refractivity contribution in [1.82, 2.24) is 0 Å². The van der Waals surface area contributed by atoms with Crippen molar-refractivity contribution in [3.05, 3.63) is 32.8 Å². The van der Waals surface area contributed by atoms with E-state index in [0.717, 1.165) is 0 Å². The molecule has 0 unspecified atom stereocenters. The lowest BCUT2D eigenvalue weighted by molar-refractivity contribution is -0.384. The average molecular weight is 303 g/mol. The molecule has 0 fully saturated rings. The minimum Gasteiger partial charge on any atom is -0.449 e. The van der Waals surface area contributed by atoms with E-state index in [1.165, 1.54) is 12.1 Å². The molecule has 1 rings (SSSR count). The van der Waals surface area contributed by atoms with Crippen molar-refractivity contribution in [3.8, 4) is 0 Å². The highest BCUT2D eigenvalue weighted by Gasteiger charge is 2.16. The van der Waals surface area contributed by atoms with Crippen molar-refractivity contribution < 1.29 is 14.5 Å². The van der Waals surface area contributed by atoms with Gasteiger partial charge in [0, 0.05) is 10.5 Å². The topological polar surface area (TPSA) is 81.5 Å². The van der Waals surface area contributed by atoms with Gasteiger partial charge in [0.15, 0.2) is 0 Å². The van der Waals surface area contributed by atoms with Crippen molar-refractivity contribution in [2.24, 2.45) is 0 Å². The van der Waals surface area contributed by atoms with Crippen LogP contribution in [0, 0.1) is 10.1 Å². The zero-order chi connectivity index (χ0) is 12.8. The van der Waals surface area contributed by atoms with E-state index in [2.05, 4.69) is 21.2 Å². The van der Waals surface area contributed by atoms with Crippen LogP contribution >= 0.6 is 15.9 Å². The molecule has 0 aliphatic carbocycles. The van der Waals surface area contributed by atoms with Crippen LogP contribution in [-0.2, 0) is 4.74 Å². The van der Waals surface area contributed by atoms with Crippen LogP contribution < -0.4 is 5.32 Å². The highest BCUT2D eigenvalue weighted by molar-refractivity contribution is 9.10. The van der Waals surface area contributed by atoms with E-state index in [4.69, 9.17) is 4.74 Å². The lowest BCUT2D eigenvalue weighted by atomic mass is 10.3. The van der Waals surface area contributed by atoms with Crippen LogP contribution in [-0.4, -0.2) is 17.6 Å². The Morgan fingerprint density at radius 1 is 1.59 bits per heavy atom. The van der Waals surface area contributed by atoms with E-state index in [1.54, 1.807) is 6.07 Å². The first-order valence-electron chi connectivity index (χ1n) is 4.92. The lowest BCUT2D eigenvalue weighted by Crippen LogP contribution is -2.15. The van der Waals surface area contributed by atoms with Crippen LogP contribution in [0.2, 0.25) is 0 Å². The van der Waals surface area contributed by atoms with Crippen molar-refractivity contribution in [2.45, 2.75) is 13.3 Å². The number of ether oxygens (including phenoxy) is 1. The van der Waals surface area contributed by atoms with Gasteiger partial charge in [-0.3, -0.25) is 15.4 Å². The van der Waals surface area contributed by atoms with E-state index in [0.29, 0.717) is 10.9 Å². The van der Waals surface area contributed by atoms with Crippen LogP contribution in [0.25, 0.3) is 0 Å². The summed E-state index contributed by atoms with van der Waals surface area (Å²) in [4.78, 5) is 21.5. The second-order valence-corrected chi connectivity index (χ2v) is 4.10. The van der Waals surface area contributed by atoms with Crippen molar-refractivity contribution in [3.63, 3.8) is 0 Å². The number of amides is 1. The molecule has 0 saturated heterocycles. The van der Waals surface area contributed by atoms with Gasteiger partial charge in [-0.2, -0.15) is 0 Å². The molecule has 0 saturated carbocycles. The molecular weight excluding hydrogens is 292 g/mol. The van der Waals surface area contributed by atoms with Gasteiger partial charge in [-0.15, -0.1) is 0 Å². The van der Waals surface area contributed by atoms with Gasteiger partial charge in [0.2, 0.25) is 0 Å². The first kappa shape index (κ1) is 13.4. The summed E-state index contributed by atoms with van der Waals surface area (Å²) >= 11 is 3.12. The molecule has 0 spiro atoms. The Balaban J connectivity index is 2.83. The van der Waals surface area contributed by atoms with Crippen LogP contribution in [0.15, 0.2) is 22.7 Å². The third-order valence-corrected chi connectivity index (χ3v) is 2.32. The average Bonchev–Trinajstić information content (AvgIpc) is 2.28. The van der Waals surface area contributed by atoms with E-state index in [-0.39, 0.29) is 18.0 Å². The number of anilines is 1. The highest BCUT2D eigenvalue weighted by Crippen LogP contribution is 2.27. The van der Waals surface area contributed by atoms with Crippen molar-refractivity contribution in [2.75, 3.05) is 11.9 Å². The minimum absolute atomic E-state index is 0.110. The number of halogens is 1. The fraction of sp³-hybridized carbons (Fsp3) is 0.300. The number of carbonyl (C=O) groups excluding carboxylic acids is 1. The Bertz CT molecular complexity index is 436. The normalized spacial score (nSPS) is 9.76. The Labute approximate surface area is 106 Å². The molecule has 1 N–H and O–H groups in total. The standard InChI is InChI=1S/C10H11BrN2O4/c1-2-5-17-10(14)12-8-4-3-7(11)6-9(8)13(15)16/h3-4,6H,2,5H2,1H3,(H,12,14). The smallest absolute Gasteiger partial charge is 0.411 e. The largest absolute Gasteiger partial charge is 0.449 e. The zero-order valence-electron chi connectivity index (χ0n) is 9.10. The fourth-order valence-corrected chi connectivity index (χ4v) is 1.45. The van der Waals surface area contributed by atoms with E-state index in [1.807, 2.05) is 6.92 Å². The summed E-state index contributed by atoms with van der Waals surface area (Å²) in [5, 5.41) is 13.1. The Morgan fingerprint density at radius 3 is 2.88 bits per heavy atom. The van der Waals surface area contributed by atoms with Crippen LogP contribution in [0.4, 0.5) is 16.2 Å². The van der Waals surface area contributed by atoms with Crippen molar-refractivity contribution in [1.29, 1.82) is 0 Å². The van der Waals surface area contributed by atoms with E-state index in [9.17, 15) is 14.9 Å². The summed E-state index contributed by atoms with van der Waals surface area (Å²) in [6.45, 7) is 2.13. The number of nitro groups is 1. The third kappa shape index (κ3) is 4.03. The molecule has 6 nitrogen and oxygen atoms in total. The zero-order valence-corrected chi connectivity index (χ0v) is 10.7. The molecule has 0 aliphatic rings. The first-order valence-corrected chi connectivity index (χ1v) is 5.71. The molecule has 1 amide bonds. The minimum atomic E-state index is -0.697. The predicted octanol–water partition coefficient (Wildman–Crippen LogP) is 3.32. The molecule has 7 heteroatoms. The maximum atomic E-state index is 11.3. The van der Waals surface area contributed by atoms with Crippen LogP contribution in [0.5, 0.6) is 0 Å². The van der Waals surface area contributed by atoms with Crippen LogP contribution in [0.3, 0.4) is 0 Å². The fourth-order valence-electron chi connectivity index (χ4n) is 1.10. The van der Waals surface area contributed by atoms with Gasteiger partial charge in [0.25, 0.3) is 5.69 Å². The molecular formula is C10H11BrN2O4. The van der Waals surface area contributed by atoms with Gasteiger partial charge >= 0.3 is 6.09 Å². The Hall–Kier alpha value is -1.63. The number of carbonyl (C=O) groups is 1. The molecule has 1 aromatic carbocycles. The number of nitrogens with one attached hydrogen (secondary N) is 1. The monoisotopic (exact) mass is 302 g/mol. The molecule has 0 atom stereocenters. The first-order chi connectivity index (χ1) is 8.04. The number of hydrogen-bond donors (Lipinski definition) is 1. The molecule has 0 aliphatic heterocycles. The van der Waals surface area contributed by atoms with Gasteiger partial charge in [-0.25, -0.2) is 4.79 Å². The summed E-state index contributed by atoms with van der Waals surface area (Å²) in [7, 11) is 0. The van der Waals surface area contributed by atoms with Crippen LogP contribution in [0.1, 0.15) is 13.3 Å². The second-order valence-electron chi connectivity index (χ2n) is 3.18. The summed E-state index contributed by atoms with van der Waals surface area (Å²) in [5.74, 6) is 0. The number of rotatable bonds is 4. The molecule has 0 aromatic heterocycles. The maximum Gasteiger partial charge on any atom is 0.411 e. The van der Waals surface area contributed by atoms with Gasteiger partial charge in [-0.1, -0.05) is 22.9 Å². The summed E-state index contributed by atoms with van der Waals surface area (Å²) < 4.78 is 5.34. The number of hydrogen-bond acceptors (Lipinski definition) is 4. The van der Waals surface area contributed by atoms with Crippen molar-refractivity contribution >= 4 is 33.4 Å². The Kier molecular flexibility index (Phi) is 4.89. The lowest BCUT2D eigenvalue weighted by Gasteiger charge is -2.06. The van der Waals surface area contributed by atoms with E-state index >= 15 is 0 Å². The summed E-state index contributed by atoms with van der Waals surface area (Å²) in [6.07, 6.45) is -0.00664. The number of benzene rings is 1. The summed E-state index contributed by atoms with van der Waals surface area (Å²) in [5.41, 5.74) is -0.0767. The second kappa shape index (κ2) is 6.19. The summed E-state index contributed by atoms with van der Waals surface area (Å²) in [6, 6.07) is 4.35. The highest BCUT2D eigenvalue weighted by atomic mass is 79.9. The molecule has 17 heavy (non-hydrogen) atoms. The van der Waals surface area contributed by atoms with Gasteiger partial charge in [0.05, 0.1) is 11.5 Å². The molecule has 0 radical (unpaired) electrons. The Morgan fingerprint density at radius 2 is 2.29 bits per heavy atom. The number of nitro benzene ring substituents is 1. The van der Waals surface area contributed by atoms with Gasteiger partial charge in [-0.05, 0) is 18.6 Å². The third-order valence-electron chi connectivity index (χ3n) is 1.83.